The second-order valence-electron chi connectivity index (χ2n) is 2.78. The van der Waals surface area contributed by atoms with Gasteiger partial charge in [0.2, 0.25) is 0 Å². The fourth-order valence-electron chi connectivity index (χ4n) is 0.391. The highest BCUT2D eigenvalue weighted by Gasteiger charge is 2.39. The molecule has 4 N–H and O–H groups in total. The zero-order valence-corrected chi connectivity index (χ0v) is 11.2. The van der Waals surface area contributed by atoms with Gasteiger partial charge in [-0.1, -0.05) is 13.8 Å². The van der Waals surface area contributed by atoms with Crippen LogP contribution >= 0.6 is 22.1 Å². The van der Waals surface area contributed by atoms with Crippen molar-refractivity contribution >= 4 is 33.9 Å². The summed E-state index contributed by atoms with van der Waals surface area (Å²) in [4.78, 5) is 35.0. The molecule has 0 amide bonds. The molecular weight excluding hydrogens is 289 g/mol. The summed E-state index contributed by atoms with van der Waals surface area (Å²) in [6.45, 7) is -1.90. The van der Waals surface area contributed by atoms with Gasteiger partial charge in [0.25, 0.3) is 0 Å². The van der Waals surface area contributed by atoms with E-state index in [4.69, 9.17) is 19.6 Å². The van der Waals surface area contributed by atoms with Crippen LogP contribution in [0.5, 0.6) is 0 Å². The molecule has 0 bridgehead atoms. The van der Waals surface area contributed by atoms with E-state index in [0.717, 1.165) is 0 Å². The van der Waals surface area contributed by atoms with E-state index >= 15 is 0 Å². The van der Waals surface area contributed by atoms with E-state index in [0.29, 0.717) is 0 Å². The van der Waals surface area contributed by atoms with Crippen LogP contribution in [0.3, 0.4) is 0 Å². The Hall–Kier alpha value is 0.870. The molecule has 15 heavy (non-hydrogen) atoms. The van der Waals surface area contributed by atoms with Gasteiger partial charge in [0.05, 0.1) is 5.66 Å². The van der Waals surface area contributed by atoms with Crippen molar-refractivity contribution in [3.63, 3.8) is 0 Å². The van der Waals surface area contributed by atoms with Crippen molar-refractivity contribution in [2.24, 2.45) is 0 Å². The lowest BCUT2D eigenvalue weighted by Gasteiger charge is -2.19. The Bertz CT molecular complexity index is 358. The molecule has 0 spiro atoms. The molecule has 0 saturated heterocycles. The molecule has 0 saturated carbocycles. The van der Waals surface area contributed by atoms with Gasteiger partial charge < -0.3 is 19.6 Å². The summed E-state index contributed by atoms with van der Waals surface area (Å²) < 4.78 is 29.7. The summed E-state index contributed by atoms with van der Waals surface area (Å²) >= 11 is 3.90. The largest absolute Gasteiger partial charge is 0.486 e. The van der Waals surface area contributed by atoms with Crippen LogP contribution in [0.4, 0.5) is 0 Å². The summed E-state index contributed by atoms with van der Waals surface area (Å²) in [5, 5.41) is 0. The molecule has 0 aliphatic rings. The van der Waals surface area contributed by atoms with E-state index in [1.807, 2.05) is 0 Å². The minimum atomic E-state index is -5.06. The van der Waals surface area contributed by atoms with Crippen LogP contribution in [0.15, 0.2) is 0 Å². The third-order valence-electron chi connectivity index (χ3n) is 1.08. The predicted octanol–water partition coefficient (Wildman–Crippen LogP) is 0.923. The van der Waals surface area contributed by atoms with Crippen molar-refractivity contribution in [1.82, 2.24) is 0 Å². The Kier molecular flexibility index (Phi) is 5.31. The van der Waals surface area contributed by atoms with Gasteiger partial charge in [0.15, 0.2) is 0 Å². The minimum Gasteiger partial charge on any atom is -0.324 e. The maximum Gasteiger partial charge on any atom is 0.486 e. The molecular formula is C3H11O8P3S. The topological polar surface area (TPSA) is 134 Å². The fraction of sp³-hybridized carbons (Fsp3) is 1.00. The number of hydrogen-bond donors (Lipinski definition) is 4. The summed E-state index contributed by atoms with van der Waals surface area (Å²) in [6.07, 6.45) is 0. The molecule has 92 valence electrons. The first-order valence-electron chi connectivity index (χ1n) is 3.49. The summed E-state index contributed by atoms with van der Waals surface area (Å²) in [7, 11) is -9.42. The number of rotatable bonds is 5. The maximum atomic E-state index is 11.2. The van der Waals surface area contributed by atoms with Crippen molar-refractivity contribution < 1.29 is 37.3 Å². The second kappa shape index (κ2) is 5.02. The first-order valence-corrected chi connectivity index (χ1v) is 9.26. The molecule has 2 atom stereocenters. The smallest absolute Gasteiger partial charge is 0.324 e. The normalized spacial score (nSPS) is 21.0. The van der Waals surface area contributed by atoms with Crippen molar-refractivity contribution in [3.05, 3.63) is 0 Å². The molecule has 2 unspecified atom stereocenters. The zero-order valence-electron chi connectivity index (χ0n) is 7.75. The summed E-state index contributed by atoms with van der Waals surface area (Å²) in [5.41, 5.74) is -0.947. The molecule has 0 aliphatic carbocycles. The third kappa shape index (κ3) is 6.92. The van der Waals surface area contributed by atoms with Crippen LogP contribution in [0, 0.1) is 0 Å². The quantitative estimate of drug-likeness (QED) is 0.547. The lowest BCUT2D eigenvalue weighted by molar-refractivity contribution is 0.250. The Morgan fingerprint density at radius 1 is 1.07 bits per heavy atom. The Morgan fingerprint density at radius 2 is 1.47 bits per heavy atom. The lowest BCUT2D eigenvalue weighted by atomic mass is 10.6. The van der Waals surface area contributed by atoms with Gasteiger partial charge in [-0.3, -0.25) is 4.57 Å². The Morgan fingerprint density at radius 3 is 1.73 bits per heavy atom. The van der Waals surface area contributed by atoms with Crippen LogP contribution in [0.1, 0.15) is 13.8 Å². The molecule has 0 rings (SSSR count). The van der Waals surface area contributed by atoms with Crippen molar-refractivity contribution in [3.8, 4) is 0 Å². The van der Waals surface area contributed by atoms with Gasteiger partial charge in [-0.2, -0.15) is 0 Å². The van der Waals surface area contributed by atoms with Crippen LogP contribution in [0.2, 0.25) is 0 Å². The maximum absolute atomic E-state index is 11.2. The highest BCUT2D eigenvalue weighted by Crippen LogP contribution is 2.67. The monoisotopic (exact) mass is 300 g/mol. The van der Waals surface area contributed by atoms with Gasteiger partial charge in [-0.05, 0) is 11.8 Å². The third-order valence-corrected chi connectivity index (χ3v) is 6.43. The SMILES string of the molecule is CC(C)P(=O)(O)OP(=O)(O)OP(O)(O)=S. The molecule has 8 nitrogen and oxygen atoms in total. The van der Waals surface area contributed by atoms with E-state index in [9.17, 15) is 9.13 Å². The minimum absolute atomic E-state index is 0.947. The molecule has 0 aromatic rings. The first kappa shape index (κ1) is 15.9. The van der Waals surface area contributed by atoms with Crippen LogP contribution < -0.4 is 0 Å². The van der Waals surface area contributed by atoms with E-state index < -0.39 is 27.8 Å². The Labute approximate surface area is 91.3 Å². The average Bonchev–Trinajstić information content (AvgIpc) is 1.75. The van der Waals surface area contributed by atoms with Crippen molar-refractivity contribution in [1.29, 1.82) is 0 Å². The van der Waals surface area contributed by atoms with Crippen LogP contribution in [0.25, 0.3) is 0 Å². The molecule has 12 heteroatoms. The van der Waals surface area contributed by atoms with E-state index in [1.54, 1.807) is 0 Å². The highest BCUT2D eigenvalue weighted by atomic mass is 32.5. The van der Waals surface area contributed by atoms with Crippen molar-refractivity contribution in [2.45, 2.75) is 19.5 Å². The molecule has 0 aromatic carbocycles. The lowest BCUT2D eigenvalue weighted by Crippen LogP contribution is -2.01. The van der Waals surface area contributed by atoms with E-state index in [-0.39, 0.29) is 0 Å². The highest BCUT2D eigenvalue weighted by molar-refractivity contribution is 8.08. The van der Waals surface area contributed by atoms with Gasteiger partial charge in [0.1, 0.15) is 0 Å². The standard InChI is InChI=1S/C3H11O8P3S/c1-3(2)12(4,5)10-13(6,7)11-14(8,9)15/h3H,1-2H3,(H,4,5)(H,6,7)(H2,8,9,15). The second-order valence-corrected chi connectivity index (χ2v) is 9.59. The molecule has 0 aliphatic heterocycles. The summed E-state index contributed by atoms with van der Waals surface area (Å²) in [5.74, 6) is 0. The fourth-order valence-corrected chi connectivity index (χ4v) is 4.55. The van der Waals surface area contributed by atoms with Gasteiger partial charge in [0, 0.05) is 0 Å². The average molecular weight is 300 g/mol. The molecule has 0 heterocycles. The predicted molar refractivity (Wildman–Crippen MR) is 55.7 cm³/mol. The van der Waals surface area contributed by atoms with Gasteiger partial charge >= 0.3 is 22.1 Å². The first-order chi connectivity index (χ1) is 6.36. The van der Waals surface area contributed by atoms with Crippen LogP contribution in [-0.4, -0.2) is 25.2 Å². The molecule has 0 aromatic heterocycles. The zero-order chi connectivity index (χ0) is 12.5. The van der Waals surface area contributed by atoms with Gasteiger partial charge in [-0.25, -0.2) is 13.2 Å². The number of hydrogen-bond acceptors (Lipinski definition) is 5. The van der Waals surface area contributed by atoms with E-state index in [2.05, 4.69) is 20.4 Å². The van der Waals surface area contributed by atoms with E-state index in [1.165, 1.54) is 13.8 Å². The van der Waals surface area contributed by atoms with Gasteiger partial charge in [-0.15, -0.1) is 0 Å². The molecule has 0 fully saturated rings. The van der Waals surface area contributed by atoms with Crippen molar-refractivity contribution in [2.75, 3.05) is 0 Å². The van der Waals surface area contributed by atoms with Crippen LogP contribution in [-0.2, 0) is 29.6 Å². The number of phosphoric acid groups is 1. The summed E-state index contributed by atoms with van der Waals surface area (Å²) in [6, 6.07) is 0. The molecule has 0 radical (unpaired) electrons. The Balaban J connectivity index is 4.74.